The van der Waals surface area contributed by atoms with E-state index in [4.69, 9.17) is 16.3 Å². The lowest BCUT2D eigenvalue weighted by Crippen LogP contribution is -2.04. The fourth-order valence-corrected chi connectivity index (χ4v) is 1.70. The lowest BCUT2D eigenvalue weighted by molar-refractivity contribution is -0.386. The van der Waals surface area contributed by atoms with Crippen LogP contribution in [0, 0.1) is 10.1 Å². The summed E-state index contributed by atoms with van der Waals surface area (Å²) in [5.41, 5.74) is -0.486. The molecule has 0 aliphatic carbocycles. The van der Waals surface area contributed by atoms with Gasteiger partial charge in [-0.2, -0.15) is 0 Å². The zero-order valence-electron chi connectivity index (χ0n) is 10.8. The van der Waals surface area contributed by atoms with Crippen molar-refractivity contribution in [2.75, 3.05) is 7.11 Å². The zero-order valence-corrected chi connectivity index (χ0v) is 11.5. The first kappa shape index (κ1) is 14.7. The van der Waals surface area contributed by atoms with Crippen molar-refractivity contribution in [1.29, 1.82) is 0 Å². The summed E-state index contributed by atoms with van der Waals surface area (Å²) >= 11 is 5.80. The van der Waals surface area contributed by atoms with Gasteiger partial charge in [-0.25, -0.2) is 9.78 Å². The van der Waals surface area contributed by atoms with Gasteiger partial charge in [0.1, 0.15) is 5.75 Å². The molecule has 2 aromatic rings. The van der Waals surface area contributed by atoms with Crippen LogP contribution in [0.15, 0.2) is 36.5 Å². The molecule has 0 spiro atoms. The molecule has 1 heterocycles. The summed E-state index contributed by atoms with van der Waals surface area (Å²) < 4.78 is 9.82. The van der Waals surface area contributed by atoms with Gasteiger partial charge in [-0.15, -0.1) is 0 Å². The summed E-state index contributed by atoms with van der Waals surface area (Å²) in [6, 6.07) is 7.37. The number of halogens is 1. The largest absolute Gasteiger partial charge is 0.465 e. The van der Waals surface area contributed by atoms with E-state index in [-0.39, 0.29) is 11.4 Å². The van der Waals surface area contributed by atoms with Crippen LogP contribution in [0.2, 0.25) is 5.02 Å². The van der Waals surface area contributed by atoms with Crippen LogP contribution >= 0.6 is 11.6 Å². The number of methoxy groups -OCH3 is 1. The predicted octanol–water partition coefficient (Wildman–Crippen LogP) is 3.22. The summed E-state index contributed by atoms with van der Waals surface area (Å²) in [6.07, 6.45) is 1.14. The standard InChI is InChI=1S/C13H9ClN2O5/c1-20-13(17)8-5-11(16(18)19)12(15-7-8)21-10-4-2-3-9(14)6-10/h2-7H,1H3. The summed E-state index contributed by atoms with van der Waals surface area (Å²) in [5.74, 6) is -0.668. The number of pyridine rings is 1. The van der Waals surface area contributed by atoms with Crippen molar-refractivity contribution >= 4 is 23.3 Å². The normalized spacial score (nSPS) is 10.0. The maximum Gasteiger partial charge on any atom is 0.339 e. The number of benzene rings is 1. The number of nitro groups is 1. The second kappa shape index (κ2) is 6.19. The monoisotopic (exact) mass is 308 g/mol. The van der Waals surface area contributed by atoms with Crippen molar-refractivity contribution in [1.82, 2.24) is 4.98 Å². The molecular weight excluding hydrogens is 300 g/mol. The Balaban J connectivity index is 2.39. The van der Waals surface area contributed by atoms with E-state index >= 15 is 0 Å². The molecule has 0 N–H and O–H groups in total. The number of carbonyl (C=O) groups excluding carboxylic acids is 1. The highest BCUT2D eigenvalue weighted by Crippen LogP contribution is 2.30. The average Bonchev–Trinajstić information content (AvgIpc) is 2.46. The van der Waals surface area contributed by atoms with E-state index in [9.17, 15) is 14.9 Å². The van der Waals surface area contributed by atoms with Crippen molar-refractivity contribution in [3.63, 3.8) is 0 Å². The van der Waals surface area contributed by atoms with Gasteiger partial charge in [0.05, 0.1) is 17.6 Å². The Labute approximate surface area is 124 Å². The fourth-order valence-electron chi connectivity index (χ4n) is 1.52. The number of hydrogen-bond donors (Lipinski definition) is 0. The quantitative estimate of drug-likeness (QED) is 0.489. The molecule has 2 rings (SSSR count). The Kier molecular flexibility index (Phi) is 4.34. The molecule has 0 atom stereocenters. The number of esters is 1. The van der Waals surface area contributed by atoms with Crippen LogP contribution in [0.25, 0.3) is 0 Å². The SMILES string of the molecule is COC(=O)c1cnc(Oc2cccc(Cl)c2)c([N+](=O)[O-])c1. The molecule has 7 nitrogen and oxygen atoms in total. The van der Waals surface area contributed by atoms with Crippen molar-refractivity contribution in [2.24, 2.45) is 0 Å². The predicted molar refractivity (Wildman–Crippen MR) is 73.8 cm³/mol. The Morgan fingerprint density at radius 3 is 2.76 bits per heavy atom. The topological polar surface area (TPSA) is 91.6 Å². The molecule has 0 radical (unpaired) electrons. The van der Waals surface area contributed by atoms with E-state index in [1.807, 2.05) is 0 Å². The molecule has 0 aliphatic rings. The first-order valence-electron chi connectivity index (χ1n) is 5.67. The van der Waals surface area contributed by atoms with Crippen LogP contribution in [-0.2, 0) is 4.74 Å². The molecule has 0 saturated heterocycles. The highest BCUT2D eigenvalue weighted by atomic mass is 35.5. The molecule has 1 aromatic heterocycles. The fraction of sp³-hybridized carbons (Fsp3) is 0.0769. The number of aromatic nitrogens is 1. The first-order valence-corrected chi connectivity index (χ1v) is 6.05. The van der Waals surface area contributed by atoms with Gasteiger partial charge in [0.15, 0.2) is 0 Å². The van der Waals surface area contributed by atoms with Gasteiger partial charge in [0.25, 0.3) is 5.88 Å². The molecule has 108 valence electrons. The Hall–Kier alpha value is -2.67. The van der Waals surface area contributed by atoms with Gasteiger partial charge in [0.2, 0.25) is 0 Å². The average molecular weight is 309 g/mol. The van der Waals surface area contributed by atoms with Crippen molar-refractivity contribution < 1.29 is 19.2 Å². The lowest BCUT2D eigenvalue weighted by atomic mass is 10.2. The van der Waals surface area contributed by atoms with Gasteiger partial charge < -0.3 is 9.47 Å². The first-order chi connectivity index (χ1) is 10.0. The highest BCUT2D eigenvalue weighted by Gasteiger charge is 2.21. The molecule has 0 saturated carbocycles. The minimum atomic E-state index is -0.722. The van der Waals surface area contributed by atoms with Crippen LogP contribution in [0.1, 0.15) is 10.4 Å². The Bertz CT molecular complexity index is 705. The van der Waals surface area contributed by atoms with Crippen LogP contribution < -0.4 is 4.74 Å². The second-order valence-electron chi connectivity index (χ2n) is 3.86. The van der Waals surface area contributed by atoms with Gasteiger partial charge in [-0.3, -0.25) is 10.1 Å². The second-order valence-corrected chi connectivity index (χ2v) is 4.29. The molecule has 0 amide bonds. The van der Waals surface area contributed by atoms with Gasteiger partial charge in [-0.1, -0.05) is 17.7 Å². The third-order valence-electron chi connectivity index (χ3n) is 2.46. The minimum Gasteiger partial charge on any atom is -0.465 e. The lowest BCUT2D eigenvalue weighted by Gasteiger charge is -2.06. The maximum absolute atomic E-state index is 11.4. The number of ether oxygens (including phenoxy) is 2. The molecule has 0 fully saturated rings. The number of nitrogens with zero attached hydrogens (tertiary/aromatic N) is 2. The molecule has 0 aliphatic heterocycles. The van der Waals surface area contributed by atoms with Crippen molar-refractivity contribution in [3.8, 4) is 11.6 Å². The number of rotatable bonds is 4. The summed E-state index contributed by atoms with van der Waals surface area (Å²) in [5, 5.41) is 11.5. The van der Waals surface area contributed by atoms with Crippen LogP contribution in [0.3, 0.4) is 0 Å². The minimum absolute atomic E-state index is 0.0392. The molecule has 8 heteroatoms. The molecular formula is C13H9ClN2O5. The van der Waals surface area contributed by atoms with Crippen LogP contribution in [0.5, 0.6) is 11.6 Å². The van der Waals surface area contributed by atoms with Gasteiger partial charge in [-0.05, 0) is 18.2 Å². The van der Waals surface area contributed by atoms with Crippen molar-refractivity contribution in [3.05, 3.63) is 57.2 Å². The zero-order chi connectivity index (χ0) is 15.4. The van der Waals surface area contributed by atoms with E-state index in [0.29, 0.717) is 10.8 Å². The summed E-state index contributed by atoms with van der Waals surface area (Å²) in [7, 11) is 1.17. The summed E-state index contributed by atoms with van der Waals surface area (Å²) in [4.78, 5) is 25.5. The van der Waals surface area contributed by atoms with Gasteiger partial charge >= 0.3 is 11.7 Å². The summed E-state index contributed by atoms with van der Waals surface area (Å²) in [6.45, 7) is 0. The third kappa shape index (κ3) is 3.46. The van der Waals surface area contributed by atoms with Gasteiger partial charge in [0, 0.05) is 17.3 Å². The number of carbonyl (C=O) groups is 1. The van der Waals surface area contributed by atoms with Crippen LogP contribution in [0.4, 0.5) is 5.69 Å². The third-order valence-corrected chi connectivity index (χ3v) is 2.70. The highest BCUT2D eigenvalue weighted by molar-refractivity contribution is 6.30. The van der Waals surface area contributed by atoms with E-state index in [1.165, 1.54) is 13.2 Å². The van der Waals surface area contributed by atoms with E-state index in [2.05, 4.69) is 9.72 Å². The number of hydrogen-bond acceptors (Lipinski definition) is 6. The maximum atomic E-state index is 11.4. The molecule has 21 heavy (non-hydrogen) atoms. The smallest absolute Gasteiger partial charge is 0.339 e. The van der Waals surface area contributed by atoms with Crippen LogP contribution in [-0.4, -0.2) is 23.0 Å². The van der Waals surface area contributed by atoms with Crippen molar-refractivity contribution in [2.45, 2.75) is 0 Å². The van der Waals surface area contributed by atoms with E-state index in [1.54, 1.807) is 18.2 Å². The van der Waals surface area contributed by atoms with E-state index < -0.39 is 16.6 Å². The molecule has 1 aromatic carbocycles. The van der Waals surface area contributed by atoms with E-state index in [0.717, 1.165) is 12.3 Å². The molecule has 0 unspecified atom stereocenters. The Morgan fingerprint density at radius 1 is 1.38 bits per heavy atom. The Morgan fingerprint density at radius 2 is 2.14 bits per heavy atom. The molecule has 0 bridgehead atoms.